The summed E-state index contributed by atoms with van der Waals surface area (Å²) in [6.45, 7) is 2.23. The van der Waals surface area contributed by atoms with Crippen LogP contribution in [0.5, 0.6) is 5.75 Å². The average molecular weight is 231 g/mol. The lowest BCUT2D eigenvalue weighted by atomic mass is 10.3. The Morgan fingerprint density at radius 1 is 1.53 bits per heavy atom. The molecule has 90 valence electrons. The molecule has 1 aromatic heterocycles. The van der Waals surface area contributed by atoms with Crippen molar-refractivity contribution in [3.8, 4) is 5.75 Å². The monoisotopic (exact) mass is 231 g/mol. The molecule has 2 N–H and O–H groups in total. The Labute approximate surface area is 100 Å². The van der Waals surface area contributed by atoms with E-state index in [1.54, 1.807) is 7.11 Å². The minimum Gasteiger partial charge on any atom is -0.497 e. The summed E-state index contributed by atoms with van der Waals surface area (Å²) < 4.78 is 7.37. The normalized spacial score (nSPS) is 22.9. The standard InChI is InChI=1S/C13H17N3O/c1-3-8-6-12(8)16-11-5-4-9(17-2)7-10(11)15-13(16)14/h4-5,7-8,12H,3,6H2,1-2H3,(H2,14,15). The minimum atomic E-state index is 0.540. The maximum absolute atomic E-state index is 6.01. The lowest BCUT2D eigenvalue weighted by Gasteiger charge is -2.05. The molecule has 1 heterocycles. The van der Waals surface area contributed by atoms with Crippen molar-refractivity contribution in [3.05, 3.63) is 18.2 Å². The molecule has 17 heavy (non-hydrogen) atoms. The first-order valence-corrected chi connectivity index (χ1v) is 6.06. The SMILES string of the molecule is CCC1CC1n1c(N)nc2cc(OC)ccc21. The zero-order valence-corrected chi connectivity index (χ0v) is 10.2. The van der Waals surface area contributed by atoms with Gasteiger partial charge in [-0.3, -0.25) is 0 Å². The van der Waals surface area contributed by atoms with Crippen molar-refractivity contribution >= 4 is 17.0 Å². The van der Waals surface area contributed by atoms with Crippen LogP contribution in [0.4, 0.5) is 5.95 Å². The number of aromatic nitrogens is 2. The average Bonchev–Trinajstić information content (AvgIpc) is 3.03. The van der Waals surface area contributed by atoms with E-state index in [1.165, 1.54) is 12.8 Å². The third kappa shape index (κ3) is 1.55. The maximum atomic E-state index is 6.01. The third-order valence-corrected chi connectivity index (χ3v) is 3.67. The molecule has 4 nitrogen and oxygen atoms in total. The molecule has 1 fully saturated rings. The van der Waals surface area contributed by atoms with E-state index >= 15 is 0 Å². The predicted octanol–water partition coefficient (Wildman–Crippen LogP) is 2.60. The first kappa shape index (κ1) is 10.4. The summed E-state index contributed by atoms with van der Waals surface area (Å²) in [6.07, 6.45) is 2.43. The van der Waals surface area contributed by atoms with Gasteiger partial charge in [0.15, 0.2) is 0 Å². The molecule has 1 aliphatic carbocycles. The summed E-state index contributed by atoms with van der Waals surface area (Å²) in [4.78, 5) is 4.41. The summed E-state index contributed by atoms with van der Waals surface area (Å²) >= 11 is 0. The van der Waals surface area contributed by atoms with Gasteiger partial charge in [-0.15, -0.1) is 0 Å². The molecule has 0 bridgehead atoms. The van der Waals surface area contributed by atoms with Crippen LogP contribution >= 0.6 is 0 Å². The van der Waals surface area contributed by atoms with Crippen molar-refractivity contribution in [1.29, 1.82) is 0 Å². The van der Waals surface area contributed by atoms with Crippen LogP contribution in [0.3, 0.4) is 0 Å². The van der Waals surface area contributed by atoms with E-state index in [9.17, 15) is 0 Å². The van der Waals surface area contributed by atoms with Crippen molar-refractivity contribution in [2.45, 2.75) is 25.8 Å². The van der Waals surface area contributed by atoms with Gasteiger partial charge in [-0.2, -0.15) is 0 Å². The van der Waals surface area contributed by atoms with Crippen LogP contribution < -0.4 is 10.5 Å². The van der Waals surface area contributed by atoms with Gasteiger partial charge in [0, 0.05) is 12.1 Å². The van der Waals surface area contributed by atoms with E-state index in [0.29, 0.717) is 12.0 Å². The highest BCUT2D eigenvalue weighted by atomic mass is 16.5. The van der Waals surface area contributed by atoms with E-state index in [0.717, 1.165) is 22.7 Å². The number of hydrogen-bond donors (Lipinski definition) is 1. The Morgan fingerprint density at radius 2 is 2.35 bits per heavy atom. The second kappa shape index (κ2) is 3.65. The molecule has 1 aliphatic rings. The van der Waals surface area contributed by atoms with Gasteiger partial charge in [0.2, 0.25) is 5.95 Å². The van der Waals surface area contributed by atoms with Crippen molar-refractivity contribution in [2.24, 2.45) is 5.92 Å². The number of rotatable bonds is 3. The Kier molecular flexibility index (Phi) is 2.24. The van der Waals surface area contributed by atoms with Crippen molar-refractivity contribution in [2.75, 3.05) is 12.8 Å². The molecule has 2 unspecified atom stereocenters. The van der Waals surface area contributed by atoms with Crippen LogP contribution in [-0.4, -0.2) is 16.7 Å². The number of nitrogens with zero attached hydrogens (tertiary/aromatic N) is 2. The van der Waals surface area contributed by atoms with Gasteiger partial charge >= 0.3 is 0 Å². The molecule has 0 radical (unpaired) electrons. The Balaban J connectivity index is 2.09. The maximum Gasteiger partial charge on any atom is 0.201 e. The molecular formula is C13H17N3O. The summed E-state index contributed by atoms with van der Waals surface area (Å²) in [5.74, 6) is 2.20. The first-order valence-electron chi connectivity index (χ1n) is 6.06. The quantitative estimate of drug-likeness (QED) is 0.883. The number of anilines is 1. The number of benzene rings is 1. The molecule has 2 aromatic rings. The highest BCUT2D eigenvalue weighted by Crippen LogP contribution is 2.48. The van der Waals surface area contributed by atoms with Crippen LogP contribution in [0.25, 0.3) is 11.0 Å². The van der Waals surface area contributed by atoms with Gasteiger partial charge in [0.05, 0.1) is 18.1 Å². The molecule has 1 saturated carbocycles. The Morgan fingerprint density at radius 3 is 3.00 bits per heavy atom. The number of ether oxygens (including phenoxy) is 1. The molecule has 0 amide bonds. The second-order valence-electron chi connectivity index (χ2n) is 4.67. The molecule has 0 saturated heterocycles. The Hall–Kier alpha value is -1.71. The van der Waals surface area contributed by atoms with Gasteiger partial charge in [-0.05, 0) is 24.5 Å². The highest BCUT2D eigenvalue weighted by Gasteiger charge is 2.38. The predicted molar refractivity (Wildman–Crippen MR) is 68.1 cm³/mol. The van der Waals surface area contributed by atoms with Gasteiger partial charge in [0.25, 0.3) is 0 Å². The molecule has 1 aromatic carbocycles. The van der Waals surface area contributed by atoms with Crippen LogP contribution in [0.2, 0.25) is 0 Å². The zero-order valence-electron chi connectivity index (χ0n) is 10.2. The topological polar surface area (TPSA) is 53.1 Å². The van der Waals surface area contributed by atoms with Crippen LogP contribution in [0.1, 0.15) is 25.8 Å². The smallest absolute Gasteiger partial charge is 0.201 e. The number of fused-ring (bicyclic) bond motifs is 1. The largest absolute Gasteiger partial charge is 0.497 e. The van der Waals surface area contributed by atoms with Gasteiger partial charge in [0.1, 0.15) is 5.75 Å². The fourth-order valence-electron chi connectivity index (χ4n) is 2.56. The number of nitrogens with two attached hydrogens (primary N) is 1. The molecule has 0 spiro atoms. The van der Waals surface area contributed by atoms with E-state index in [1.807, 2.05) is 18.2 Å². The fourth-order valence-corrected chi connectivity index (χ4v) is 2.56. The van der Waals surface area contributed by atoms with Crippen LogP contribution in [-0.2, 0) is 0 Å². The molecular weight excluding hydrogens is 214 g/mol. The number of imidazole rings is 1. The van der Waals surface area contributed by atoms with Gasteiger partial charge in [-0.1, -0.05) is 13.3 Å². The van der Waals surface area contributed by atoms with E-state index in [4.69, 9.17) is 10.5 Å². The zero-order chi connectivity index (χ0) is 12.0. The summed E-state index contributed by atoms with van der Waals surface area (Å²) in [5.41, 5.74) is 8.05. The van der Waals surface area contributed by atoms with E-state index < -0.39 is 0 Å². The second-order valence-corrected chi connectivity index (χ2v) is 4.67. The summed E-state index contributed by atoms with van der Waals surface area (Å²) in [7, 11) is 1.66. The fraction of sp³-hybridized carbons (Fsp3) is 0.462. The number of methoxy groups -OCH3 is 1. The molecule has 4 heteroatoms. The first-order chi connectivity index (χ1) is 8.24. The minimum absolute atomic E-state index is 0.540. The van der Waals surface area contributed by atoms with Gasteiger partial charge in [-0.25, -0.2) is 4.98 Å². The highest BCUT2D eigenvalue weighted by molar-refractivity contribution is 5.80. The lowest BCUT2D eigenvalue weighted by Crippen LogP contribution is -2.02. The molecule has 2 atom stereocenters. The Bertz CT molecular complexity index is 561. The van der Waals surface area contributed by atoms with Crippen molar-refractivity contribution in [3.63, 3.8) is 0 Å². The number of hydrogen-bond acceptors (Lipinski definition) is 3. The van der Waals surface area contributed by atoms with Crippen LogP contribution in [0.15, 0.2) is 18.2 Å². The van der Waals surface area contributed by atoms with E-state index in [2.05, 4.69) is 16.5 Å². The van der Waals surface area contributed by atoms with Crippen LogP contribution in [0, 0.1) is 5.92 Å². The summed E-state index contributed by atoms with van der Waals surface area (Å²) in [6, 6.07) is 6.48. The van der Waals surface area contributed by atoms with E-state index in [-0.39, 0.29) is 0 Å². The van der Waals surface area contributed by atoms with Crippen molar-refractivity contribution in [1.82, 2.24) is 9.55 Å². The molecule has 0 aliphatic heterocycles. The summed E-state index contributed by atoms with van der Waals surface area (Å²) in [5, 5.41) is 0. The molecule has 3 rings (SSSR count). The number of nitrogen functional groups attached to an aromatic ring is 1. The third-order valence-electron chi connectivity index (χ3n) is 3.67. The lowest BCUT2D eigenvalue weighted by molar-refractivity contribution is 0.415. The van der Waals surface area contributed by atoms with Gasteiger partial charge < -0.3 is 15.0 Å². The van der Waals surface area contributed by atoms with Crippen molar-refractivity contribution < 1.29 is 4.74 Å².